The number of rotatable bonds is 6. The van der Waals surface area contributed by atoms with Crippen LogP contribution in [0.25, 0.3) is 99.4 Å². The lowest BCUT2D eigenvalue weighted by atomic mass is 9.66. The van der Waals surface area contributed by atoms with E-state index < -0.39 is 5.41 Å². The lowest BCUT2D eigenvalue weighted by Crippen LogP contribution is -2.32. The Morgan fingerprint density at radius 3 is 1.59 bits per heavy atom. The first-order valence-electron chi connectivity index (χ1n) is 23.1. The molecule has 9 aromatic carbocycles. The van der Waals surface area contributed by atoms with E-state index in [2.05, 4.69) is 182 Å². The van der Waals surface area contributed by atoms with E-state index >= 15 is 0 Å². The average Bonchev–Trinajstić information content (AvgIpc) is 3.95. The second kappa shape index (κ2) is 15.6. The predicted molar refractivity (Wildman–Crippen MR) is 278 cm³/mol. The zero-order valence-electron chi connectivity index (χ0n) is 36.9. The van der Waals surface area contributed by atoms with Crippen molar-refractivity contribution in [3.8, 4) is 90.6 Å². The summed E-state index contributed by atoms with van der Waals surface area (Å²) >= 11 is 1.75. The first-order chi connectivity index (χ1) is 34.2. The Hall–Kier alpha value is -8.91. The van der Waals surface area contributed by atoms with Crippen molar-refractivity contribution >= 4 is 31.6 Å². The molecule has 0 unspecified atom stereocenters. The molecule has 0 radical (unpaired) electrons. The molecule has 69 heavy (non-hydrogen) atoms. The van der Waals surface area contributed by atoms with Gasteiger partial charge in [-0.3, -0.25) is 0 Å². The number of thiophene rings is 1. The van der Waals surface area contributed by atoms with E-state index in [4.69, 9.17) is 29.7 Å². The Balaban J connectivity index is 1.00. The van der Waals surface area contributed by atoms with E-state index in [0.717, 1.165) is 99.6 Å². The van der Waals surface area contributed by atoms with Gasteiger partial charge >= 0.3 is 0 Å². The molecule has 0 saturated heterocycles. The van der Waals surface area contributed by atoms with Gasteiger partial charge in [0.25, 0.3) is 0 Å². The second-order valence-corrected chi connectivity index (χ2v) is 18.5. The number of aromatic nitrogens is 5. The van der Waals surface area contributed by atoms with Crippen molar-refractivity contribution in [1.29, 1.82) is 0 Å². The Labute approximate surface area is 402 Å². The van der Waals surface area contributed by atoms with Gasteiger partial charge in [0, 0.05) is 49.0 Å². The van der Waals surface area contributed by atoms with Crippen molar-refractivity contribution in [2.75, 3.05) is 0 Å². The fraction of sp³-hybridized carbons (Fsp3) is 0.0161. The van der Waals surface area contributed by atoms with Gasteiger partial charge in [-0.25, -0.2) is 24.9 Å². The quantitative estimate of drug-likeness (QED) is 0.166. The summed E-state index contributed by atoms with van der Waals surface area (Å²) in [6.45, 7) is 0. The van der Waals surface area contributed by atoms with Crippen molar-refractivity contribution < 1.29 is 4.74 Å². The van der Waals surface area contributed by atoms with Crippen LogP contribution < -0.4 is 4.74 Å². The summed E-state index contributed by atoms with van der Waals surface area (Å²) < 4.78 is 9.01. The first-order valence-corrected chi connectivity index (χ1v) is 23.9. The molecule has 0 amide bonds. The Kier molecular flexibility index (Phi) is 8.87. The van der Waals surface area contributed by atoms with E-state index in [-0.39, 0.29) is 0 Å². The lowest BCUT2D eigenvalue weighted by Gasteiger charge is -2.39. The molecular formula is C62H37N5OS. The van der Waals surface area contributed by atoms with Crippen molar-refractivity contribution in [1.82, 2.24) is 24.9 Å². The minimum Gasteiger partial charge on any atom is -0.457 e. The van der Waals surface area contributed by atoms with Crippen LogP contribution in [0, 0.1) is 0 Å². The first kappa shape index (κ1) is 39.3. The molecule has 0 saturated carbocycles. The third-order valence-corrected chi connectivity index (χ3v) is 14.8. The molecule has 1 aliphatic carbocycles. The van der Waals surface area contributed by atoms with Crippen LogP contribution in [0.4, 0.5) is 0 Å². The zero-order chi connectivity index (χ0) is 45.5. The summed E-state index contributed by atoms with van der Waals surface area (Å²) in [4.78, 5) is 26.3. The topological polar surface area (TPSA) is 73.7 Å². The Bertz CT molecular complexity index is 3900. The fourth-order valence-corrected chi connectivity index (χ4v) is 11.8. The molecule has 0 bridgehead atoms. The number of para-hydroxylation sites is 2. The van der Waals surface area contributed by atoms with Crippen molar-refractivity contribution in [2.24, 2.45) is 0 Å². The normalized spacial score (nSPS) is 12.9. The fourth-order valence-electron chi connectivity index (χ4n) is 10.6. The lowest BCUT2D eigenvalue weighted by molar-refractivity contribution is 0.436. The van der Waals surface area contributed by atoms with Gasteiger partial charge in [0.1, 0.15) is 11.5 Å². The van der Waals surface area contributed by atoms with Crippen molar-refractivity contribution in [2.45, 2.75) is 5.41 Å². The minimum atomic E-state index is -0.704. The summed E-state index contributed by atoms with van der Waals surface area (Å²) in [5.41, 5.74) is 14.8. The summed E-state index contributed by atoms with van der Waals surface area (Å²) in [5, 5.41) is 1.14. The molecule has 4 heterocycles. The smallest absolute Gasteiger partial charge is 0.164 e. The molecule has 7 heteroatoms. The average molecular weight is 900 g/mol. The van der Waals surface area contributed by atoms with Gasteiger partial charge in [-0.1, -0.05) is 194 Å². The molecule has 322 valence electrons. The van der Waals surface area contributed by atoms with Crippen LogP contribution in [0.2, 0.25) is 0 Å². The number of fused-ring (bicyclic) bond motifs is 12. The van der Waals surface area contributed by atoms with Gasteiger partial charge in [-0.05, 0) is 63.7 Å². The van der Waals surface area contributed by atoms with Crippen LogP contribution in [0.1, 0.15) is 22.3 Å². The summed E-state index contributed by atoms with van der Waals surface area (Å²) in [7, 11) is 0. The second-order valence-electron chi connectivity index (χ2n) is 17.5. The standard InChI is InChI=1S/C62H37N5OS/c1-4-18-38(19-5-1)55-57-56(44-26-10-15-33-53(44)69-57)64-60(63-55)43-25-16-24-41(36-43)42-34-35-47-46(37-42)54-45(61-66-58(39-20-6-2-7-21-39)65-59(67-61)40-22-8-3-9-23-40)27-17-30-50(54)62(47)48-28-11-13-31-51(48)68-52-32-14-12-29-49(52)62/h1-37H. The molecule has 1 spiro atoms. The third kappa shape index (κ3) is 6.14. The van der Waals surface area contributed by atoms with Gasteiger partial charge in [0.05, 0.1) is 21.3 Å². The van der Waals surface area contributed by atoms with Gasteiger partial charge in [-0.15, -0.1) is 11.3 Å². The predicted octanol–water partition coefficient (Wildman–Crippen LogP) is 15.5. The van der Waals surface area contributed by atoms with Crippen LogP contribution >= 0.6 is 11.3 Å². The van der Waals surface area contributed by atoms with Gasteiger partial charge in [0.2, 0.25) is 0 Å². The van der Waals surface area contributed by atoms with Crippen molar-refractivity contribution in [3.05, 3.63) is 247 Å². The molecule has 0 atom stereocenters. The molecular weight excluding hydrogens is 863 g/mol. The Morgan fingerprint density at radius 1 is 0.348 bits per heavy atom. The number of hydrogen-bond donors (Lipinski definition) is 0. The maximum atomic E-state index is 6.72. The SMILES string of the molecule is c1ccc(-c2nc(-c3ccccc3)nc(-c3cccc4c3-c3cc(-c5cccc(-c6nc(-c7ccccc7)c7sc8ccccc8c7n6)c5)ccc3C43c4ccccc4Oc4ccccc43)n2)cc1. The van der Waals surface area contributed by atoms with E-state index in [9.17, 15) is 0 Å². The van der Waals surface area contributed by atoms with E-state index in [1.165, 1.54) is 10.3 Å². The Morgan fingerprint density at radius 2 is 0.884 bits per heavy atom. The summed E-state index contributed by atoms with van der Waals surface area (Å²) in [5.74, 6) is 4.19. The van der Waals surface area contributed by atoms with Gasteiger partial charge in [-0.2, -0.15) is 0 Å². The number of benzene rings is 9. The van der Waals surface area contributed by atoms with Crippen LogP contribution in [-0.4, -0.2) is 24.9 Å². The third-order valence-electron chi connectivity index (χ3n) is 13.6. The van der Waals surface area contributed by atoms with E-state index in [1.807, 2.05) is 42.5 Å². The number of nitrogens with zero attached hydrogens (tertiary/aromatic N) is 5. The number of ether oxygens (including phenoxy) is 1. The van der Waals surface area contributed by atoms with Crippen LogP contribution in [-0.2, 0) is 5.41 Å². The van der Waals surface area contributed by atoms with Crippen molar-refractivity contribution in [3.63, 3.8) is 0 Å². The highest BCUT2D eigenvalue weighted by Gasteiger charge is 2.52. The van der Waals surface area contributed by atoms with E-state index in [0.29, 0.717) is 23.3 Å². The highest BCUT2D eigenvalue weighted by atomic mass is 32.1. The molecule has 6 nitrogen and oxygen atoms in total. The monoisotopic (exact) mass is 899 g/mol. The molecule has 0 N–H and O–H groups in total. The van der Waals surface area contributed by atoms with Gasteiger partial charge in [0.15, 0.2) is 23.3 Å². The molecule has 2 aliphatic rings. The molecule has 1 aliphatic heterocycles. The van der Waals surface area contributed by atoms with Crippen LogP contribution in [0.3, 0.4) is 0 Å². The van der Waals surface area contributed by atoms with Crippen LogP contribution in [0.15, 0.2) is 224 Å². The van der Waals surface area contributed by atoms with Crippen LogP contribution in [0.5, 0.6) is 11.5 Å². The highest BCUT2D eigenvalue weighted by Crippen LogP contribution is 2.63. The highest BCUT2D eigenvalue weighted by molar-refractivity contribution is 7.26. The number of hydrogen-bond acceptors (Lipinski definition) is 7. The molecule has 3 aromatic heterocycles. The molecule has 14 rings (SSSR count). The summed E-state index contributed by atoms with van der Waals surface area (Å²) in [6, 6.07) is 78.4. The maximum absolute atomic E-state index is 6.72. The minimum absolute atomic E-state index is 0.603. The van der Waals surface area contributed by atoms with Gasteiger partial charge < -0.3 is 4.74 Å². The zero-order valence-corrected chi connectivity index (χ0v) is 37.7. The van der Waals surface area contributed by atoms with E-state index in [1.54, 1.807) is 11.3 Å². The molecule has 0 fully saturated rings. The largest absolute Gasteiger partial charge is 0.457 e. The summed E-state index contributed by atoms with van der Waals surface area (Å²) in [6.07, 6.45) is 0. The molecule has 12 aromatic rings. The maximum Gasteiger partial charge on any atom is 0.164 e.